The summed E-state index contributed by atoms with van der Waals surface area (Å²) in [5, 5.41) is 5.90. The van der Waals surface area contributed by atoms with E-state index in [2.05, 4.69) is 10.6 Å². The molecule has 0 spiro atoms. The summed E-state index contributed by atoms with van der Waals surface area (Å²) in [7, 11) is 0. The molecule has 1 saturated carbocycles. The van der Waals surface area contributed by atoms with E-state index in [-0.39, 0.29) is 30.6 Å². The van der Waals surface area contributed by atoms with Crippen LogP contribution in [-0.2, 0) is 11.2 Å². The van der Waals surface area contributed by atoms with Crippen molar-refractivity contribution in [3.8, 4) is 0 Å². The summed E-state index contributed by atoms with van der Waals surface area (Å²) >= 11 is 0. The minimum absolute atomic E-state index is 0. The molecule has 2 aromatic carbocycles. The Bertz CT molecular complexity index is 739. The Labute approximate surface area is 159 Å². The Morgan fingerprint density at radius 1 is 0.962 bits per heavy atom. The normalized spacial score (nSPS) is 13.7. The highest BCUT2D eigenvalue weighted by Crippen LogP contribution is 2.18. The largest absolute Gasteiger partial charge is 0.399 e. The minimum Gasteiger partial charge on any atom is -0.399 e. The van der Waals surface area contributed by atoms with Crippen molar-refractivity contribution in [2.24, 2.45) is 0 Å². The molecule has 0 bridgehead atoms. The number of anilines is 2. The van der Waals surface area contributed by atoms with Crippen molar-refractivity contribution in [3.63, 3.8) is 0 Å². The van der Waals surface area contributed by atoms with Gasteiger partial charge in [-0.3, -0.25) is 9.59 Å². The second kappa shape index (κ2) is 9.25. The third-order valence-corrected chi connectivity index (χ3v) is 4.47. The van der Waals surface area contributed by atoms with E-state index in [0.717, 1.165) is 18.4 Å². The van der Waals surface area contributed by atoms with E-state index in [1.165, 1.54) is 12.8 Å². The number of nitrogens with two attached hydrogens (primary N) is 1. The van der Waals surface area contributed by atoms with Crippen LogP contribution in [-0.4, -0.2) is 17.9 Å². The Balaban J connectivity index is 0.00000243. The molecular formula is C20H24ClN3O2. The molecule has 0 radical (unpaired) electrons. The molecule has 4 N–H and O–H groups in total. The van der Waals surface area contributed by atoms with Crippen LogP contribution in [0.3, 0.4) is 0 Å². The number of carbonyl (C=O) groups is 2. The van der Waals surface area contributed by atoms with Crippen LogP contribution in [0.5, 0.6) is 0 Å². The van der Waals surface area contributed by atoms with Gasteiger partial charge in [0, 0.05) is 23.0 Å². The van der Waals surface area contributed by atoms with E-state index in [0.29, 0.717) is 23.0 Å². The minimum atomic E-state index is -0.104. The highest BCUT2D eigenvalue weighted by atomic mass is 35.5. The third-order valence-electron chi connectivity index (χ3n) is 4.47. The summed E-state index contributed by atoms with van der Waals surface area (Å²) in [6.45, 7) is 0. The number of hydrogen-bond acceptors (Lipinski definition) is 3. The van der Waals surface area contributed by atoms with Gasteiger partial charge in [-0.05, 0) is 54.8 Å². The molecule has 0 aromatic heterocycles. The van der Waals surface area contributed by atoms with Crippen LogP contribution < -0.4 is 16.4 Å². The fourth-order valence-corrected chi connectivity index (χ4v) is 3.07. The van der Waals surface area contributed by atoms with Crippen LogP contribution in [0.25, 0.3) is 0 Å². The Hall–Kier alpha value is -2.53. The quantitative estimate of drug-likeness (QED) is 0.701. The van der Waals surface area contributed by atoms with Crippen LogP contribution in [0.4, 0.5) is 11.4 Å². The first kappa shape index (κ1) is 19.8. The van der Waals surface area contributed by atoms with Crippen molar-refractivity contribution in [1.82, 2.24) is 5.32 Å². The van der Waals surface area contributed by atoms with Gasteiger partial charge < -0.3 is 16.4 Å². The lowest BCUT2D eigenvalue weighted by molar-refractivity contribution is -0.115. The van der Waals surface area contributed by atoms with Gasteiger partial charge in [-0.1, -0.05) is 25.0 Å². The standard InChI is InChI=1S/C20H23N3O2.ClH/c21-16-9-5-14(6-10-16)13-19(24)22-18-11-7-15(8-12-18)20(25)23-17-3-1-2-4-17;/h5-12,17H,1-4,13,21H2,(H,22,24)(H,23,25);1H. The molecule has 0 aliphatic heterocycles. The lowest BCUT2D eigenvalue weighted by Crippen LogP contribution is -2.32. The third kappa shape index (κ3) is 5.49. The number of amides is 2. The zero-order valence-corrected chi connectivity index (χ0v) is 15.4. The highest BCUT2D eigenvalue weighted by Gasteiger charge is 2.17. The fraction of sp³-hybridized carbons (Fsp3) is 0.300. The average molecular weight is 374 g/mol. The van der Waals surface area contributed by atoms with Crippen molar-refractivity contribution in [2.75, 3.05) is 11.1 Å². The van der Waals surface area contributed by atoms with Crippen LogP contribution in [0, 0.1) is 0 Å². The van der Waals surface area contributed by atoms with E-state index in [4.69, 9.17) is 5.73 Å². The molecule has 2 amide bonds. The predicted octanol–water partition coefficient (Wildman–Crippen LogP) is 3.54. The maximum atomic E-state index is 12.2. The lowest BCUT2D eigenvalue weighted by atomic mass is 10.1. The molecule has 1 aliphatic carbocycles. The van der Waals surface area contributed by atoms with Crippen molar-refractivity contribution in [1.29, 1.82) is 0 Å². The number of halogens is 1. The molecule has 6 heteroatoms. The molecule has 1 aliphatic rings. The van der Waals surface area contributed by atoms with Crippen molar-refractivity contribution >= 4 is 35.6 Å². The van der Waals surface area contributed by atoms with Gasteiger partial charge in [0.25, 0.3) is 5.91 Å². The Morgan fingerprint density at radius 2 is 1.58 bits per heavy atom. The van der Waals surface area contributed by atoms with Crippen molar-refractivity contribution in [3.05, 3.63) is 59.7 Å². The van der Waals surface area contributed by atoms with Crippen LogP contribution in [0.15, 0.2) is 48.5 Å². The summed E-state index contributed by atoms with van der Waals surface area (Å²) in [5.74, 6) is -0.153. The first-order chi connectivity index (χ1) is 12.1. The lowest BCUT2D eigenvalue weighted by Gasteiger charge is -2.12. The Kier molecular flexibility index (Phi) is 7.04. The number of hydrogen-bond donors (Lipinski definition) is 3. The molecule has 0 saturated heterocycles. The number of nitrogen functional groups attached to an aromatic ring is 1. The molecule has 1 fully saturated rings. The van der Waals surface area contributed by atoms with Crippen LogP contribution >= 0.6 is 12.4 Å². The summed E-state index contributed by atoms with van der Waals surface area (Å²) < 4.78 is 0. The molecule has 5 nitrogen and oxygen atoms in total. The second-order valence-corrected chi connectivity index (χ2v) is 6.50. The zero-order chi connectivity index (χ0) is 17.6. The van der Waals surface area contributed by atoms with Crippen LogP contribution in [0.1, 0.15) is 41.6 Å². The van der Waals surface area contributed by atoms with E-state index >= 15 is 0 Å². The van der Waals surface area contributed by atoms with Gasteiger partial charge in [0.2, 0.25) is 5.91 Å². The van der Waals surface area contributed by atoms with Crippen molar-refractivity contribution < 1.29 is 9.59 Å². The number of carbonyl (C=O) groups excluding carboxylic acids is 2. The van der Waals surface area contributed by atoms with E-state index in [1.54, 1.807) is 36.4 Å². The van der Waals surface area contributed by atoms with Gasteiger partial charge in [-0.25, -0.2) is 0 Å². The van der Waals surface area contributed by atoms with Crippen molar-refractivity contribution in [2.45, 2.75) is 38.1 Å². The second-order valence-electron chi connectivity index (χ2n) is 6.50. The molecule has 0 unspecified atom stereocenters. The van der Waals surface area contributed by atoms with Gasteiger partial charge in [0.15, 0.2) is 0 Å². The molecule has 0 atom stereocenters. The molecular weight excluding hydrogens is 350 g/mol. The molecule has 0 heterocycles. The number of rotatable bonds is 5. The van der Waals surface area contributed by atoms with Gasteiger partial charge in [0.1, 0.15) is 0 Å². The molecule has 26 heavy (non-hydrogen) atoms. The van der Waals surface area contributed by atoms with E-state index in [9.17, 15) is 9.59 Å². The number of nitrogens with one attached hydrogen (secondary N) is 2. The molecule has 138 valence electrons. The van der Waals surface area contributed by atoms with Gasteiger partial charge in [-0.2, -0.15) is 0 Å². The smallest absolute Gasteiger partial charge is 0.251 e. The monoisotopic (exact) mass is 373 g/mol. The summed E-state index contributed by atoms with van der Waals surface area (Å²) in [6, 6.07) is 14.5. The highest BCUT2D eigenvalue weighted by molar-refractivity contribution is 5.96. The van der Waals surface area contributed by atoms with Gasteiger partial charge in [-0.15, -0.1) is 12.4 Å². The maximum Gasteiger partial charge on any atom is 0.251 e. The topological polar surface area (TPSA) is 84.2 Å². The molecule has 3 rings (SSSR count). The van der Waals surface area contributed by atoms with E-state index < -0.39 is 0 Å². The SMILES string of the molecule is Cl.Nc1ccc(CC(=O)Nc2ccc(C(=O)NC3CCCC3)cc2)cc1. The summed E-state index contributed by atoms with van der Waals surface area (Å²) in [4.78, 5) is 24.3. The fourth-order valence-electron chi connectivity index (χ4n) is 3.07. The summed E-state index contributed by atoms with van der Waals surface area (Å²) in [5.41, 5.74) is 8.51. The zero-order valence-electron chi connectivity index (χ0n) is 14.5. The average Bonchev–Trinajstić information content (AvgIpc) is 3.10. The predicted molar refractivity (Wildman–Crippen MR) is 107 cm³/mol. The van der Waals surface area contributed by atoms with Crippen LogP contribution in [0.2, 0.25) is 0 Å². The maximum absolute atomic E-state index is 12.2. The van der Waals surface area contributed by atoms with Gasteiger partial charge >= 0.3 is 0 Å². The molecule has 2 aromatic rings. The first-order valence-corrected chi connectivity index (χ1v) is 8.65. The number of benzene rings is 2. The first-order valence-electron chi connectivity index (χ1n) is 8.65. The summed E-state index contributed by atoms with van der Waals surface area (Å²) in [6.07, 6.45) is 4.77. The van der Waals surface area contributed by atoms with Gasteiger partial charge in [0.05, 0.1) is 6.42 Å². The Morgan fingerprint density at radius 3 is 2.19 bits per heavy atom. The van der Waals surface area contributed by atoms with E-state index in [1.807, 2.05) is 12.1 Å².